The normalized spacial score (nSPS) is 14.3. The number of halogens is 1. The van der Waals surface area contributed by atoms with Crippen LogP contribution in [0.3, 0.4) is 0 Å². The molecule has 1 aliphatic heterocycles. The van der Waals surface area contributed by atoms with Crippen molar-refractivity contribution in [3.05, 3.63) is 63.7 Å². The number of aryl methyl sites for hydroxylation is 1. The molecule has 0 atom stereocenters. The first-order chi connectivity index (χ1) is 12.2. The van der Waals surface area contributed by atoms with Crippen LogP contribution < -0.4 is 4.90 Å². The van der Waals surface area contributed by atoms with Crippen LogP contribution in [0, 0.1) is 12.3 Å². The van der Waals surface area contributed by atoms with Crippen molar-refractivity contribution in [2.24, 2.45) is 5.41 Å². The van der Waals surface area contributed by atoms with Gasteiger partial charge in [0.05, 0.1) is 0 Å². The van der Waals surface area contributed by atoms with Crippen LogP contribution in [0.15, 0.2) is 36.4 Å². The van der Waals surface area contributed by atoms with Crippen LogP contribution in [-0.4, -0.2) is 12.3 Å². The molecule has 1 heterocycles. The molecule has 1 aliphatic rings. The molecule has 0 saturated heterocycles. The van der Waals surface area contributed by atoms with Crippen molar-refractivity contribution >= 4 is 23.1 Å². The lowest BCUT2D eigenvalue weighted by atomic mass is 9.88. The second-order valence-corrected chi connectivity index (χ2v) is 9.08. The van der Waals surface area contributed by atoms with Crippen molar-refractivity contribution < 1.29 is 4.79 Å². The Bertz CT molecular complexity index is 819. The fourth-order valence-electron chi connectivity index (χ4n) is 3.64. The molecule has 2 nitrogen and oxygen atoms in total. The van der Waals surface area contributed by atoms with Gasteiger partial charge >= 0.3 is 0 Å². The average molecular weight is 370 g/mol. The number of anilines is 1. The van der Waals surface area contributed by atoms with Gasteiger partial charge in [-0.15, -0.1) is 0 Å². The van der Waals surface area contributed by atoms with Gasteiger partial charge in [0.15, 0.2) is 0 Å². The predicted molar refractivity (Wildman–Crippen MR) is 110 cm³/mol. The monoisotopic (exact) mass is 369 g/mol. The summed E-state index contributed by atoms with van der Waals surface area (Å²) in [4.78, 5) is 14.6. The topological polar surface area (TPSA) is 20.3 Å². The highest BCUT2D eigenvalue weighted by molar-refractivity contribution is 6.31. The van der Waals surface area contributed by atoms with Gasteiger partial charge in [0.1, 0.15) is 5.78 Å². The number of ketones is 1. The zero-order chi connectivity index (χ0) is 18.9. The van der Waals surface area contributed by atoms with Gasteiger partial charge in [0.2, 0.25) is 0 Å². The number of hydrogen-bond donors (Lipinski definition) is 0. The van der Waals surface area contributed by atoms with E-state index in [1.54, 1.807) is 0 Å². The standard InChI is InChI=1S/C23H28ClNO/c1-16-5-6-19-15-25(10-9-17(19)11-16)20-8-7-18(22(24)13-20)12-21(26)14-23(2,3)4/h5-8,11,13H,9-10,12,14-15H2,1-4H3. The van der Waals surface area contributed by atoms with E-state index in [0.717, 1.165) is 30.8 Å². The van der Waals surface area contributed by atoms with Gasteiger partial charge in [-0.2, -0.15) is 0 Å². The van der Waals surface area contributed by atoms with Gasteiger partial charge < -0.3 is 4.90 Å². The molecule has 0 aliphatic carbocycles. The van der Waals surface area contributed by atoms with E-state index in [1.165, 1.54) is 16.7 Å². The summed E-state index contributed by atoms with van der Waals surface area (Å²) in [6, 6.07) is 12.8. The van der Waals surface area contributed by atoms with Crippen LogP contribution in [0.25, 0.3) is 0 Å². The van der Waals surface area contributed by atoms with Gasteiger partial charge in [-0.1, -0.05) is 62.2 Å². The number of fused-ring (bicyclic) bond motifs is 1. The number of hydrogen-bond acceptors (Lipinski definition) is 2. The highest BCUT2D eigenvalue weighted by atomic mass is 35.5. The maximum atomic E-state index is 12.3. The molecular formula is C23H28ClNO. The third-order valence-corrected chi connectivity index (χ3v) is 5.24. The highest BCUT2D eigenvalue weighted by Gasteiger charge is 2.19. The molecule has 0 N–H and O–H groups in total. The third kappa shape index (κ3) is 4.67. The molecule has 3 rings (SSSR count). The second kappa shape index (κ2) is 7.44. The lowest BCUT2D eigenvalue weighted by Crippen LogP contribution is -2.30. The molecule has 0 radical (unpaired) electrons. The first-order valence-electron chi connectivity index (χ1n) is 9.35. The van der Waals surface area contributed by atoms with E-state index in [2.05, 4.69) is 56.9 Å². The maximum absolute atomic E-state index is 12.3. The molecule has 0 spiro atoms. The van der Waals surface area contributed by atoms with Crippen LogP contribution >= 0.6 is 11.6 Å². The van der Waals surface area contributed by atoms with Gasteiger partial charge in [0.25, 0.3) is 0 Å². The Morgan fingerprint density at radius 1 is 1.12 bits per heavy atom. The summed E-state index contributed by atoms with van der Waals surface area (Å²) >= 11 is 6.51. The number of carbonyl (C=O) groups excluding carboxylic acids is 1. The van der Waals surface area contributed by atoms with Gasteiger partial charge in [-0.3, -0.25) is 4.79 Å². The second-order valence-electron chi connectivity index (χ2n) is 8.67. The number of rotatable bonds is 4. The van der Waals surface area contributed by atoms with E-state index in [0.29, 0.717) is 17.9 Å². The van der Waals surface area contributed by atoms with Crippen LogP contribution in [-0.2, 0) is 24.2 Å². The molecular weight excluding hydrogens is 342 g/mol. The smallest absolute Gasteiger partial charge is 0.137 e. The van der Waals surface area contributed by atoms with Crippen molar-refractivity contribution in [3.8, 4) is 0 Å². The van der Waals surface area contributed by atoms with Crippen LogP contribution in [0.4, 0.5) is 5.69 Å². The number of carbonyl (C=O) groups is 1. The number of Topliss-reactive ketones (excluding diaryl/α,β-unsaturated/α-hetero) is 1. The van der Waals surface area contributed by atoms with Crippen molar-refractivity contribution in [3.63, 3.8) is 0 Å². The summed E-state index contributed by atoms with van der Waals surface area (Å²) in [6.45, 7) is 10.3. The molecule has 2 aromatic rings. The van der Waals surface area contributed by atoms with Gasteiger partial charge in [-0.05, 0) is 47.6 Å². The van der Waals surface area contributed by atoms with E-state index < -0.39 is 0 Å². The minimum atomic E-state index is 0.0169. The van der Waals surface area contributed by atoms with Crippen LogP contribution in [0.1, 0.15) is 49.4 Å². The Balaban J connectivity index is 1.72. The molecule has 0 saturated carbocycles. The number of benzene rings is 2. The lowest BCUT2D eigenvalue weighted by Gasteiger charge is -2.31. The molecule has 0 amide bonds. The van der Waals surface area contributed by atoms with Crippen LogP contribution in [0.5, 0.6) is 0 Å². The predicted octanol–water partition coefficient (Wildman–Crippen LogP) is 5.76. The van der Waals surface area contributed by atoms with Crippen molar-refractivity contribution in [2.75, 3.05) is 11.4 Å². The first-order valence-corrected chi connectivity index (χ1v) is 9.72. The molecule has 26 heavy (non-hydrogen) atoms. The van der Waals surface area contributed by atoms with E-state index in [9.17, 15) is 4.79 Å². The Morgan fingerprint density at radius 3 is 2.58 bits per heavy atom. The minimum absolute atomic E-state index is 0.0169. The SMILES string of the molecule is Cc1ccc2c(c1)CCN(c1ccc(CC(=O)CC(C)(C)C)c(Cl)c1)C2. The maximum Gasteiger partial charge on any atom is 0.137 e. The fraction of sp³-hybridized carbons (Fsp3) is 0.435. The van der Waals surface area contributed by atoms with Gasteiger partial charge in [-0.25, -0.2) is 0 Å². The highest BCUT2D eigenvalue weighted by Crippen LogP contribution is 2.30. The van der Waals surface area contributed by atoms with E-state index in [4.69, 9.17) is 11.6 Å². The quantitative estimate of drug-likeness (QED) is 0.682. The third-order valence-electron chi connectivity index (χ3n) is 4.89. The van der Waals surface area contributed by atoms with E-state index >= 15 is 0 Å². The molecule has 2 aromatic carbocycles. The summed E-state index contributed by atoms with van der Waals surface area (Å²) in [5, 5.41) is 0.694. The zero-order valence-electron chi connectivity index (χ0n) is 16.2. The lowest BCUT2D eigenvalue weighted by molar-refractivity contribution is -0.120. The van der Waals surface area contributed by atoms with Crippen LogP contribution in [0.2, 0.25) is 5.02 Å². The Morgan fingerprint density at radius 2 is 1.88 bits per heavy atom. The molecule has 138 valence electrons. The summed E-state index contributed by atoms with van der Waals surface area (Å²) in [5.41, 5.74) is 6.25. The fourth-order valence-corrected chi connectivity index (χ4v) is 3.89. The molecule has 0 fully saturated rings. The molecule has 0 unspecified atom stereocenters. The molecule has 0 aromatic heterocycles. The number of nitrogens with zero attached hydrogens (tertiary/aromatic N) is 1. The summed E-state index contributed by atoms with van der Waals surface area (Å²) in [5.74, 6) is 0.245. The summed E-state index contributed by atoms with van der Waals surface area (Å²) < 4.78 is 0. The zero-order valence-corrected chi connectivity index (χ0v) is 17.0. The summed E-state index contributed by atoms with van der Waals surface area (Å²) in [7, 11) is 0. The van der Waals surface area contributed by atoms with Crippen molar-refractivity contribution in [2.45, 2.75) is 53.5 Å². The first kappa shape index (κ1) is 19.0. The average Bonchev–Trinajstić information content (AvgIpc) is 2.54. The Kier molecular flexibility index (Phi) is 5.43. The Hall–Kier alpha value is -1.80. The largest absolute Gasteiger partial charge is 0.367 e. The van der Waals surface area contributed by atoms with E-state index in [-0.39, 0.29) is 11.2 Å². The van der Waals surface area contributed by atoms with Gasteiger partial charge in [0, 0.05) is 36.6 Å². The van der Waals surface area contributed by atoms with Crippen molar-refractivity contribution in [1.29, 1.82) is 0 Å². The Labute approximate surface area is 162 Å². The van der Waals surface area contributed by atoms with Crippen molar-refractivity contribution in [1.82, 2.24) is 0 Å². The summed E-state index contributed by atoms with van der Waals surface area (Å²) in [6.07, 6.45) is 2.05. The minimum Gasteiger partial charge on any atom is -0.367 e. The molecule has 0 bridgehead atoms. The molecule has 3 heteroatoms. The van der Waals surface area contributed by atoms with E-state index in [1.807, 2.05) is 12.1 Å².